The summed E-state index contributed by atoms with van der Waals surface area (Å²) in [5.41, 5.74) is 1.03. The van der Waals surface area contributed by atoms with Crippen LogP contribution in [-0.2, 0) is 11.3 Å². The molecule has 0 fully saturated rings. The highest BCUT2D eigenvalue weighted by Gasteiger charge is 2.09. The summed E-state index contributed by atoms with van der Waals surface area (Å²) in [4.78, 5) is 0.766. The number of rotatable bonds is 8. The lowest BCUT2D eigenvalue weighted by Crippen LogP contribution is -2.22. The van der Waals surface area contributed by atoms with Crippen LogP contribution in [0.15, 0.2) is 23.1 Å². The molecule has 0 bridgehead atoms. The first-order valence-electron chi connectivity index (χ1n) is 6.27. The van der Waals surface area contributed by atoms with Crippen molar-refractivity contribution >= 4 is 11.8 Å². The number of thioether (sulfide) groups is 1. The van der Waals surface area contributed by atoms with Gasteiger partial charge in [0.05, 0.1) is 0 Å². The van der Waals surface area contributed by atoms with Gasteiger partial charge in [0.1, 0.15) is 5.82 Å². The number of ether oxygens (including phenoxy) is 1. The number of hydrogen-bond donors (Lipinski definition) is 1. The molecule has 0 saturated heterocycles. The average Bonchev–Trinajstić information content (AvgIpc) is 2.34. The fourth-order valence-electron chi connectivity index (χ4n) is 1.55. The van der Waals surface area contributed by atoms with E-state index in [2.05, 4.69) is 19.2 Å². The largest absolute Gasteiger partial charge is 0.385 e. The zero-order valence-electron chi connectivity index (χ0n) is 11.3. The average molecular weight is 271 g/mol. The van der Waals surface area contributed by atoms with E-state index in [-0.39, 0.29) is 5.82 Å². The first-order chi connectivity index (χ1) is 8.65. The summed E-state index contributed by atoms with van der Waals surface area (Å²) in [6.45, 7) is 5.61. The Morgan fingerprint density at radius 2 is 2.17 bits per heavy atom. The van der Waals surface area contributed by atoms with Crippen LogP contribution in [0.2, 0.25) is 0 Å². The van der Waals surface area contributed by atoms with Crippen LogP contribution in [0.3, 0.4) is 0 Å². The third-order valence-electron chi connectivity index (χ3n) is 2.49. The Hall–Kier alpha value is -0.580. The number of nitrogens with one attached hydrogen (secondary N) is 1. The number of halogens is 1. The van der Waals surface area contributed by atoms with Crippen molar-refractivity contribution in [3.63, 3.8) is 0 Å². The first kappa shape index (κ1) is 15.5. The van der Waals surface area contributed by atoms with Crippen LogP contribution < -0.4 is 5.32 Å². The lowest BCUT2D eigenvalue weighted by atomic mass is 10.2. The molecular formula is C14H22FNOS. The second-order valence-electron chi connectivity index (χ2n) is 4.46. The van der Waals surface area contributed by atoms with Gasteiger partial charge in [0.2, 0.25) is 0 Å². The highest BCUT2D eigenvalue weighted by Crippen LogP contribution is 2.26. The maximum Gasteiger partial charge on any atom is 0.137 e. The Balaban J connectivity index is 2.62. The predicted octanol–water partition coefficient (Wildman–Crippen LogP) is 3.45. The van der Waals surface area contributed by atoms with Crippen LogP contribution >= 0.6 is 11.8 Å². The molecule has 4 heteroatoms. The van der Waals surface area contributed by atoms with Gasteiger partial charge in [-0.15, -0.1) is 11.8 Å². The van der Waals surface area contributed by atoms with Crippen molar-refractivity contribution in [3.05, 3.63) is 29.6 Å². The summed E-state index contributed by atoms with van der Waals surface area (Å²) in [5, 5.41) is 3.33. The first-order valence-corrected chi connectivity index (χ1v) is 7.26. The van der Waals surface area contributed by atoms with E-state index in [1.807, 2.05) is 6.07 Å². The van der Waals surface area contributed by atoms with E-state index in [0.717, 1.165) is 29.2 Å². The van der Waals surface area contributed by atoms with Crippen molar-refractivity contribution in [2.45, 2.75) is 37.8 Å². The van der Waals surface area contributed by atoms with Gasteiger partial charge in [-0.25, -0.2) is 4.39 Å². The topological polar surface area (TPSA) is 21.3 Å². The van der Waals surface area contributed by atoms with Crippen LogP contribution in [0.25, 0.3) is 0 Å². The van der Waals surface area contributed by atoms with Gasteiger partial charge in [0.15, 0.2) is 0 Å². The lowest BCUT2D eigenvalue weighted by molar-refractivity contribution is 0.200. The molecule has 0 unspecified atom stereocenters. The van der Waals surface area contributed by atoms with E-state index in [9.17, 15) is 4.39 Å². The highest BCUT2D eigenvalue weighted by atomic mass is 32.2. The van der Waals surface area contributed by atoms with Crippen LogP contribution in [0.1, 0.15) is 25.8 Å². The minimum absolute atomic E-state index is 0.125. The molecule has 18 heavy (non-hydrogen) atoms. The second kappa shape index (κ2) is 8.51. The third-order valence-corrected chi connectivity index (χ3v) is 3.73. The van der Waals surface area contributed by atoms with Crippen molar-refractivity contribution < 1.29 is 9.13 Å². The molecule has 1 N–H and O–H groups in total. The SMILES string of the molecule is COCCCSc1c(F)cccc1CNC(C)C. The zero-order valence-corrected chi connectivity index (χ0v) is 12.1. The molecule has 0 aliphatic rings. The summed E-state index contributed by atoms with van der Waals surface area (Å²) < 4.78 is 18.8. The molecule has 0 aromatic heterocycles. The van der Waals surface area contributed by atoms with Gasteiger partial charge in [0.25, 0.3) is 0 Å². The standard InChI is InChI=1S/C14H22FNOS/c1-11(2)16-10-12-6-4-7-13(15)14(12)18-9-5-8-17-3/h4,6-7,11,16H,5,8-10H2,1-3H3. The van der Waals surface area contributed by atoms with Gasteiger partial charge in [-0.3, -0.25) is 0 Å². The number of methoxy groups -OCH3 is 1. The minimum Gasteiger partial charge on any atom is -0.385 e. The van der Waals surface area contributed by atoms with E-state index >= 15 is 0 Å². The van der Waals surface area contributed by atoms with Crippen LogP contribution in [0, 0.1) is 5.82 Å². The van der Waals surface area contributed by atoms with Gasteiger partial charge in [-0.2, -0.15) is 0 Å². The predicted molar refractivity (Wildman–Crippen MR) is 75.6 cm³/mol. The van der Waals surface area contributed by atoms with Gasteiger partial charge in [0, 0.05) is 37.0 Å². The highest BCUT2D eigenvalue weighted by molar-refractivity contribution is 7.99. The Morgan fingerprint density at radius 1 is 1.39 bits per heavy atom. The smallest absolute Gasteiger partial charge is 0.137 e. The molecule has 0 saturated carbocycles. The third kappa shape index (κ3) is 5.38. The van der Waals surface area contributed by atoms with Crippen LogP contribution in [0.4, 0.5) is 4.39 Å². The molecule has 0 aliphatic carbocycles. The molecule has 0 heterocycles. The van der Waals surface area contributed by atoms with Gasteiger partial charge >= 0.3 is 0 Å². The molecule has 0 atom stereocenters. The van der Waals surface area contributed by atoms with E-state index in [0.29, 0.717) is 12.6 Å². The fourth-order valence-corrected chi connectivity index (χ4v) is 2.54. The monoisotopic (exact) mass is 271 g/mol. The van der Waals surface area contributed by atoms with Gasteiger partial charge < -0.3 is 10.1 Å². The Labute approximate surface area is 113 Å². The molecule has 1 rings (SSSR count). The number of hydrogen-bond acceptors (Lipinski definition) is 3. The van der Waals surface area contributed by atoms with Crippen molar-refractivity contribution in [1.29, 1.82) is 0 Å². The molecule has 0 radical (unpaired) electrons. The van der Waals surface area contributed by atoms with Gasteiger partial charge in [-0.1, -0.05) is 26.0 Å². The maximum absolute atomic E-state index is 13.8. The van der Waals surface area contributed by atoms with E-state index < -0.39 is 0 Å². The summed E-state index contributed by atoms with van der Waals surface area (Å²) in [5.74, 6) is 0.754. The molecule has 0 spiro atoms. The van der Waals surface area contributed by atoms with Crippen molar-refractivity contribution in [3.8, 4) is 0 Å². The number of benzene rings is 1. The van der Waals surface area contributed by atoms with Crippen molar-refractivity contribution in [1.82, 2.24) is 5.32 Å². The van der Waals surface area contributed by atoms with E-state index in [4.69, 9.17) is 4.74 Å². The molecule has 2 nitrogen and oxygen atoms in total. The quantitative estimate of drug-likeness (QED) is 0.578. The Kier molecular flexibility index (Phi) is 7.32. The van der Waals surface area contributed by atoms with Crippen molar-refractivity contribution in [2.75, 3.05) is 19.5 Å². The van der Waals surface area contributed by atoms with E-state index in [1.165, 1.54) is 6.07 Å². The van der Waals surface area contributed by atoms with E-state index in [1.54, 1.807) is 24.9 Å². The zero-order chi connectivity index (χ0) is 13.4. The van der Waals surface area contributed by atoms with Crippen LogP contribution in [-0.4, -0.2) is 25.5 Å². The molecule has 1 aromatic carbocycles. The minimum atomic E-state index is -0.125. The molecule has 102 valence electrons. The van der Waals surface area contributed by atoms with Gasteiger partial charge in [-0.05, 0) is 18.1 Å². The second-order valence-corrected chi connectivity index (χ2v) is 5.56. The molecule has 1 aromatic rings. The molecule has 0 aliphatic heterocycles. The molecular weight excluding hydrogens is 249 g/mol. The van der Waals surface area contributed by atoms with Crippen LogP contribution in [0.5, 0.6) is 0 Å². The summed E-state index contributed by atoms with van der Waals surface area (Å²) in [6, 6.07) is 5.68. The summed E-state index contributed by atoms with van der Waals surface area (Å²) >= 11 is 1.57. The van der Waals surface area contributed by atoms with Crippen molar-refractivity contribution in [2.24, 2.45) is 0 Å². The Morgan fingerprint density at radius 3 is 2.83 bits per heavy atom. The maximum atomic E-state index is 13.8. The summed E-state index contributed by atoms with van der Waals surface area (Å²) in [7, 11) is 1.69. The molecule has 0 amide bonds. The fraction of sp³-hybridized carbons (Fsp3) is 0.571. The Bertz CT molecular complexity index is 358. The summed E-state index contributed by atoms with van der Waals surface area (Å²) in [6.07, 6.45) is 0.937. The normalized spacial score (nSPS) is 11.2. The lowest BCUT2D eigenvalue weighted by Gasteiger charge is -2.13.